The molecule has 4 aromatic rings. The van der Waals surface area contributed by atoms with Crippen LogP contribution in [0.2, 0.25) is 10.0 Å². The summed E-state index contributed by atoms with van der Waals surface area (Å²) in [6, 6.07) is 18.5. The average Bonchev–Trinajstić information content (AvgIpc) is 2.84. The molecule has 4 rings (SSSR count). The van der Waals surface area contributed by atoms with Crippen LogP contribution in [0.5, 0.6) is 0 Å². The fourth-order valence-electron chi connectivity index (χ4n) is 3.76. The minimum atomic E-state index is -0.212. The van der Waals surface area contributed by atoms with E-state index in [1.54, 1.807) is 12.1 Å². The minimum Gasteiger partial charge on any atom is -0.288 e. The molecule has 34 heavy (non-hydrogen) atoms. The highest BCUT2D eigenvalue weighted by Gasteiger charge is 2.25. The van der Waals surface area contributed by atoms with Crippen molar-refractivity contribution in [2.45, 2.75) is 26.7 Å². The van der Waals surface area contributed by atoms with Crippen molar-refractivity contribution in [2.75, 3.05) is 0 Å². The van der Waals surface area contributed by atoms with Gasteiger partial charge in [-0.15, -0.1) is 0 Å². The van der Waals surface area contributed by atoms with Crippen molar-refractivity contribution in [3.63, 3.8) is 0 Å². The highest BCUT2D eigenvalue weighted by atomic mass is 79.9. The topological polar surface area (TPSA) is 42.9 Å². The van der Waals surface area contributed by atoms with Crippen molar-refractivity contribution in [1.82, 2.24) is 9.97 Å². The van der Waals surface area contributed by atoms with Gasteiger partial charge in [0.2, 0.25) is 0 Å². The lowest BCUT2D eigenvalue weighted by Crippen LogP contribution is -2.11. The SMILES string of the molecule is CCc1nc(-c2ccccc2Cl)c(C(=O)c2cc(Br)c(CC)nc2-c2ccccc2Cl)cc1Br. The first-order valence-electron chi connectivity index (χ1n) is 10.8. The molecule has 0 spiro atoms. The third kappa shape index (κ3) is 4.85. The minimum absolute atomic E-state index is 0.212. The molecule has 0 fully saturated rings. The summed E-state index contributed by atoms with van der Waals surface area (Å²) in [4.78, 5) is 23.8. The second kappa shape index (κ2) is 10.7. The normalized spacial score (nSPS) is 11.0. The first kappa shape index (κ1) is 25.1. The lowest BCUT2D eigenvalue weighted by molar-refractivity contribution is 0.103. The molecule has 0 aliphatic rings. The summed E-state index contributed by atoms with van der Waals surface area (Å²) in [5, 5.41) is 1.06. The number of pyridine rings is 2. The standard InChI is InChI=1S/C27H20Br2Cl2N2O/c1-3-23-19(28)13-17(25(32-23)15-9-5-7-11-21(15)30)27(34)18-14-20(29)24(4-2)33-26(18)16-10-6-8-12-22(16)31/h5-14H,3-4H2,1-2H3. The third-order valence-corrected chi connectivity index (χ3v) is 7.55. The first-order chi connectivity index (χ1) is 16.3. The number of benzene rings is 2. The zero-order valence-corrected chi connectivity index (χ0v) is 23.2. The molecular weight excluding hydrogens is 599 g/mol. The molecule has 0 amide bonds. The number of carbonyl (C=O) groups is 1. The van der Waals surface area contributed by atoms with Crippen LogP contribution in [0.3, 0.4) is 0 Å². The summed E-state index contributed by atoms with van der Waals surface area (Å²) in [5.41, 5.74) is 5.04. The van der Waals surface area contributed by atoms with Crippen molar-refractivity contribution in [3.05, 3.63) is 102 Å². The summed E-state index contributed by atoms with van der Waals surface area (Å²) in [7, 11) is 0. The second-order valence-corrected chi connectivity index (χ2v) is 10.1. The van der Waals surface area contributed by atoms with E-state index in [2.05, 4.69) is 31.9 Å². The fourth-order valence-corrected chi connectivity index (χ4v) is 5.40. The molecule has 0 N–H and O–H groups in total. The lowest BCUT2D eigenvalue weighted by atomic mass is 9.94. The summed E-state index contributed by atoms with van der Waals surface area (Å²) in [6.45, 7) is 4.04. The molecule has 0 unspecified atom stereocenters. The number of halogens is 4. The zero-order valence-electron chi connectivity index (χ0n) is 18.5. The van der Waals surface area contributed by atoms with Gasteiger partial charge in [0.15, 0.2) is 5.78 Å². The van der Waals surface area contributed by atoms with Crippen molar-refractivity contribution in [2.24, 2.45) is 0 Å². The van der Waals surface area contributed by atoms with Crippen molar-refractivity contribution < 1.29 is 4.79 Å². The van der Waals surface area contributed by atoms with Gasteiger partial charge in [0.1, 0.15) is 0 Å². The van der Waals surface area contributed by atoms with Gasteiger partial charge in [-0.2, -0.15) is 0 Å². The fraction of sp³-hybridized carbons (Fsp3) is 0.148. The molecule has 0 saturated carbocycles. The van der Waals surface area contributed by atoms with E-state index in [1.807, 2.05) is 62.4 Å². The van der Waals surface area contributed by atoms with Crippen LogP contribution >= 0.6 is 55.1 Å². The Labute approximate surface area is 225 Å². The number of carbonyl (C=O) groups excluding carboxylic acids is 1. The zero-order chi connectivity index (χ0) is 24.4. The average molecular weight is 619 g/mol. The molecule has 0 saturated heterocycles. The van der Waals surface area contributed by atoms with E-state index < -0.39 is 0 Å². The van der Waals surface area contributed by atoms with E-state index in [0.29, 0.717) is 56.5 Å². The highest BCUT2D eigenvalue weighted by Crippen LogP contribution is 2.37. The Kier molecular flexibility index (Phi) is 7.88. The molecular formula is C27H20Br2Cl2N2O. The van der Waals surface area contributed by atoms with E-state index in [-0.39, 0.29) is 5.78 Å². The molecule has 3 nitrogen and oxygen atoms in total. The second-order valence-electron chi connectivity index (χ2n) is 7.62. The summed E-state index contributed by atoms with van der Waals surface area (Å²) in [5.74, 6) is -0.212. The van der Waals surface area contributed by atoms with Crippen molar-refractivity contribution in [1.29, 1.82) is 0 Å². The molecule has 7 heteroatoms. The van der Waals surface area contributed by atoms with Crippen LogP contribution in [0.15, 0.2) is 69.6 Å². The Morgan fingerprint density at radius 1 is 0.735 bits per heavy atom. The molecule has 0 aliphatic heterocycles. The van der Waals surface area contributed by atoms with Gasteiger partial charge in [-0.3, -0.25) is 14.8 Å². The number of aromatic nitrogens is 2. The molecule has 2 aromatic heterocycles. The number of rotatable bonds is 6. The van der Waals surface area contributed by atoms with E-state index in [4.69, 9.17) is 33.2 Å². The maximum absolute atomic E-state index is 14.2. The van der Waals surface area contributed by atoms with Gasteiger partial charge in [-0.25, -0.2) is 0 Å². The number of nitrogens with zero attached hydrogens (tertiary/aromatic N) is 2. The third-order valence-electron chi connectivity index (χ3n) is 5.51. The maximum Gasteiger partial charge on any atom is 0.197 e. The van der Waals surface area contributed by atoms with Crippen LogP contribution in [0.25, 0.3) is 22.5 Å². The van der Waals surface area contributed by atoms with Gasteiger partial charge in [0.25, 0.3) is 0 Å². The van der Waals surface area contributed by atoms with Crippen LogP contribution in [0, 0.1) is 0 Å². The van der Waals surface area contributed by atoms with Crippen LogP contribution in [0.4, 0.5) is 0 Å². The van der Waals surface area contributed by atoms with Gasteiger partial charge in [-0.1, -0.05) is 73.4 Å². The maximum atomic E-state index is 14.2. The molecule has 0 aliphatic carbocycles. The molecule has 0 radical (unpaired) electrons. The molecule has 2 heterocycles. The highest BCUT2D eigenvalue weighted by molar-refractivity contribution is 9.10. The number of ketones is 1. The number of hydrogen-bond acceptors (Lipinski definition) is 3. The van der Waals surface area contributed by atoms with Gasteiger partial charge in [0.05, 0.1) is 33.9 Å². The number of aryl methyl sites for hydroxylation is 2. The first-order valence-corrected chi connectivity index (χ1v) is 13.1. The number of hydrogen-bond donors (Lipinski definition) is 0. The van der Waals surface area contributed by atoms with Crippen LogP contribution < -0.4 is 0 Å². The Bertz CT molecular complexity index is 1300. The van der Waals surface area contributed by atoms with Crippen LogP contribution in [-0.2, 0) is 12.8 Å². The van der Waals surface area contributed by atoms with Crippen LogP contribution in [-0.4, -0.2) is 15.8 Å². The molecule has 0 bridgehead atoms. The van der Waals surface area contributed by atoms with E-state index in [0.717, 1.165) is 20.3 Å². The molecule has 172 valence electrons. The van der Waals surface area contributed by atoms with Gasteiger partial charge >= 0.3 is 0 Å². The predicted molar refractivity (Wildman–Crippen MR) is 147 cm³/mol. The van der Waals surface area contributed by atoms with E-state index in [1.165, 1.54) is 0 Å². The van der Waals surface area contributed by atoms with Gasteiger partial charge < -0.3 is 0 Å². The summed E-state index contributed by atoms with van der Waals surface area (Å²) < 4.78 is 1.54. The van der Waals surface area contributed by atoms with Crippen molar-refractivity contribution >= 4 is 60.8 Å². The Morgan fingerprint density at radius 3 is 1.47 bits per heavy atom. The van der Waals surface area contributed by atoms with E-state index in [9.17, 15) is 4.79 Å². The van der Waals surface area contributed by atoms with Gasteiger partial charge in [-0.05, 0) is 69.0 Å². The molecule has 2 aromatic carbocycles. The Morgan fingerprint density at radius 2 is 1.12 bits per heavy atom. The van der Waals surface area contributed by atoms with Gasteiger partial charge in [0, 0.05) is 30.1 Å². The molecule has 0 atom stereocenters. The quantitative estimate of drug-likeness (QED) is 0.203. The monoisotopic (exact) mass is 616 g/mol. The summed E-state index contributed by atoms with van der Waals surface area (Å²) >= 11 is 20.2. The largest absolute Gasteiger partial charge is 0.288 e. The lowest BCUT2D eigenvalue weighted by Gasteiger charge is -2.16. The van der Waals surface area contributed by atoms with Crippen molar-refractivity contribution in [3.8, 4) is 22.5 Å². The van der Waals surface area contributed by atoms with Crippen LogP contribution in [0.1, 0.15) is 41.2 Å². The Hall–Kier alpha value is -2.05. The van der Waals surface area contributed by atoms with E-state index >= 15 is 0 Å². The summed E-state index contributed by atoms with van der Waals surface area (Å²) in [6.07, 6.45) is 1.41. The smallest absolute Gasteiger partial charge is 0.197 e. The predicted octanol–water partition coefficient (Wildman–Crippen LogP) is 9.00. The Balaban J connectivity index is 2.01.